The second-order valence-electron chi connectivity index (χ2n) is 7.09. The van der Waals surface area contributed by atoms with Crippen LogP contribution in [0.15, 0.2) is 59.2 Å². The average Bonchev–Trinajstić information content (AvgIpc) is 3.02. The molecule has 0 unspecified atom stereocenters. The second kappa shape index (κ2) is 9.09. The number of rotatable bonds is 5. The SMILES string of the molecule is COC(=O)CSC1=N/C(=C\c2ccc(C(C)C)cc2)C(=O)N1c1ccc(C)cc1. The summed E-state index contributed by atoms with van der Waals surface area (Å²) < 4.78 is 4.71. The van der Waals surface area contributed by atoms with E-state index in [2.05, 4.69) is 31.0 Å². The fraction of sp³-hybridized carbons (Fsp3) is 0.261. The molecule has 150 valence electrons. The lowest BCUT2D eigenvalue weighted by atomic mass is 10.0. The highest BCUT2D eigenvalue weighted by Crippen LogP contribution is 2.30. The van der Waals surface area contributed by atoms with Crippen molar-refractivity contribution in [3.8, 4) is 0 Å². The molecule has 2 aromatic carbocycles. The highest BCUT2D eigenvalue weighted by Gasteiger charge is 2.32. The minimum absolute atomic E-state index is 0.0847. The van der Waals surface area contributed by atoms with E-state index in [1.54, 1.807) is 11.0 Å². The van der Waals surface area contributed by atoms with E-state index in [4.69, 9.17) is 4.74 Å². The summed E-state index contributed by atoms with van der Waals surface area (Å²) in [5.41, 5.74) is 4.31. The van der Waals surface area contributed by atoms with Crippen molar-refractivity contribution in [3.63, 3.8) is 0 Å². The van der Waals surface area contributed by atoms with Gasteiger partial charge in [0.05, 0.1) is 18.6 Å². The van der Waals surface area contributed by atoms with Gasteiger partial charge >= 0.3 is 5.97 Å². The van der Waals surface area contributed by atoms with Crippen molar-refractivity contribution in [2.24, 2.45) is 4.99 Å². The molecule has 2 aromatic rings. The number of ether oxygens (including phenoxy) is 1. The van der Waals surface area contributed by atoms with Crippen LogP contribution < -0.4 is 4.90 Å². The molecule has 0 spiro atoms. The van der Waals surface area contributed by atoms with E-state index in [0.717, 1.165) is 16.8 Å². The van der Waals surface area contributed by atoms with Gasteiger partial charge in [-0.25, -0.2) is 4.99 Å². The number of nitrogens with zero attached hydrogens (tertiary/aromatic N) is 2. The van der Waals surface area contributed by atoms with Crippen molar-refractivity contribution >= 4 is 40.6 Å². The zero-order chi connectivity index (χ0) is 21.0. The van der Waals surface area contributed by atoms with Crippen molar-refractivity contribution in [2.45, 2.75) is 26.7 Å². The number of carbonyl (C=O) groups is 2. The van der Waals surface area contributed by atoms with E-state index in [1.165, 1.54) is 24.4 Å². The quantitative estimate of drug-likeness (QED) is 0.528. The summed E-state index contributed by atoms with van der Waals surface area (Å²) >= 11 is 1.19. The van der Waals surface area contributed by atoms with Gasteiger partial charge in [0, 0.05) is 0 Å². The Balaban J connectivity index is 1.92. The topological polar surface area (TPSA) is 59.0 Å². The molecule has 0 bridgehead atoms. The van der Waals surface area contributed by atoms with E-state index in [0.29, 0.717) is 16.8 Å². The smallest absolute Gasteiger partial charge is 0.316 e. The van der Waals surface area contributed by atoms with Crippen LogP contribution in [0.4, 0.5) is 5.69 Å². The Kier molecular flexibility index (Phi) is 6.54. The standard InChI is InChI=1S/C23H24N2O3S/c1-15(2)18-9-7-17(8-10-18)13-20-22(27)25(19-11-5-16(3)6-12-19)23(24-20)29-14-21(26)28-4/h5-13,15H,14H2,1-4H3/b20-13-. The first kappa shape index (κ1) is 20.9. The summed E-state index contributed by atoms with van der Waals surface area (Å²) in [6.07, 6.45) is 1.78. The molecule has 5 nitrogen and oxygen atoms in total. The molecular weight excluding hydrogens is 384 g/mol. The lowest BCUT2D eigenvalue weighted by Gasteiger charge is -2.17. The molecule has 0 aliphatic carbocycles. The predicted molar refractivity (Wildman–Crippen MR) is 119 cm³/mol. The molecule has 0 N–H and O–H groups in total. The van der Waals surface area contributed by atoms with Gasteiger partial charge in [-0.15, -0.1) is 0 Å². The number of methoxy groups -OCH3 is 1. The number of aryl methyl sites for hydroxylation is 1. The molecule has 0 atom stereocenters. The maximum absolute atomic E-state index is 13.1. The van der Waals surface area contributed by atoms with Gasteiger partial charge in [-0.05, 0) is 42.2 Å². The number of hydrogen-bond donors (Lipinski definition) is 0. The molecule has 6 heteroatoms. The maximum atomic E-state index is 13.1. The van der Waals surface area contributed by atoms with Crippen LogP contribution in [-0.2, 0) is 14.3 Å². The van der Waals surface area contributed by atoms with Crippen LogP contribution in [-0.4, -0.2) is 29.9 Å². The fourth-order valence-corrected chi connectivity index (χ4v) is 3.68. The van der Waals surface area contributed by atoms with Crippen molar-refractivity contribution < 1.29 is 14.3 Å². The van der Waals surface area contributed by atoms with Crippen LogP contribution in [0.3, 0.4) is 0 Å². The van der Waals surface area contributed by atoms with Crippen LogP contribution in [0.25, 0.3) is 6.08 Å². The molecule has 1 aliphatic heterocycles. The third-order valence-corrected chi connectivity index (χ3v) is 5.49. The molecule has 0 saturated heterocycles. The first-order valence-electron chi connectivity index (χ1n) is 9.40. The summed E-state index contributed by atoms with van der Waals surface area (Å²) in [7, 11) is 1.34. The third-order valence-electron chi connectivity index (χ3n) is 4.58. The van der Waals surface area contributed by atoms with Crippen LogP contribution in [0.1, 0.15) is 36.5 Å². The summed E-state index contributed by atoms with van der Waals surface area (Å²) in [5, 5.41) is 0.467. The van der Waals surface area contributed by atoms with Crippen molar-refractivity contribution in [2.75, 3.05) is 17.8 Å². The van der Waals surface area contributed by atoms with E-state index in [-0.39, 0.29) is 17.6 Å². The van der Waals surface area contributed by atoms with Gasteiger partial charge in [0.15, 0.2) is 5.17 Å². The van der Waals surface area contributed by atoms with E-state index >= 15 is 0 Å². The predicted octanol–water partition coefficient (Wildman–Crippen LogP) is 4.77. The van der Waals surface area contributed by atoms with Gasteiger partial charge in [0.2, 0.25) is 0 Å². The third kappa shape index (κ3) is 4.95. The number of thioether (sulfide) groups is 1. The van der Waals surface area contributed by atoms with E-state index < -0.39 is 0 Å². The van der Waals surface area contributed by atoms with Gasteiger partial charge in [0.1, 0.15) is 5.70 Å². The highest BCUT2D eigenvalue weighted by molar-refractivity contribution is 8.14. The molecular formula is C23H24N2O3S. The van der Waals surface area contributed by atoms with Gasteiger partial charge < -0.3 is 4.74 Å². The number of benzene rings is 2. The molecule has 1 amide bonds. The Labute approximate surface area is 175 Å². The zero-order valence-corrected chi connectivity index (χ0v) is 17.8. The van der Waals surface area contributed by atoms with Crippen LogP contribution in [0, 0.1) is 6.92 Å². The number of anilines is 1. The Morgan fingerprint density at radius 2 is 1.79 bits per heavy atom. The van der Waals surface area contributed by atoms with Gasteiger partial charge in [-0.3, -0.25) is 14.5 Å². The average molecular weight is 409 g/mol. The lowest BCUT2D eigenvalue weighted by Crippen LogP contribution is -2.30. The van der Waals surface area contributed by atoms with Crippen LogP contribution >= 0.6 is 11.8 Å². The normalized spacial score (nSPS) is 15.2. The highest BCUT2D eigenvalue weighted by atomic mass is 32.2. The molecule has 29 heavy (non-hydrogen) atoms. The van der Waals surface area contributed by atoms with E-state index in [9.17, 15) is 9.59 Å². The Bertz CT molecular complexity index is 961. The monoisotopic (exact) mass is 408 g/mol. The minimum atomic E-state index is -0.365. The Morgan fingerprint density at radius 1 is 1.14 bits per heavy atom. The Morgan fingerprint density at radius 3 is 2.38 bits per heavy atom. The van der Waals surface area contributed by atoms with Crippen molar-refractivity contribution in [1.29, 1.82) is 0 Å². The number of aliphatic imine (C=N–C) groups is 1. The number of amides is 1. The molecule has 1 heterocycles. The number of esters is 1. The fourth-order valence-electron chi connectivity index (χ4n) is 2.83. The maximum Gasteiger partial charge on any atom is 0.316 e. The van der Waals surface area contributed by atoms with Crippen LogP contribution in [0.5, 0.6) is 0 Å². The van der Waals surface area contributed by atoms with Crippen molar-refractivity contribution in [1.82, 2.24) is 0 Å². The Hall–Kier alpha value is -2.86. The molecule has 3 rings (SSSR count). The molecule has 0 saturated carbocycles. The van der Waals surface area contributed by atoms with Crippen LogP contribution in [0.2, 0.25) is 0 Å². The lowest BCUT2D eigenvalue weighted by molar-refractivity contribution is -0.137. The summed E-state index contributed by atoms with van der Waals surface area (Å²) in [4.78, 5) is 30.8. The summed E-state index contributed by atoms with van der Waals surface area (Å²) in [6, 6.07) is 15.7. The number of hydrogen-bond acceptors (Lipinski definition) is 5. The molecule has 0 radical (unpaired) electrons. The summed E-state index contributed by atoms with van der Waals surface area (Å²) in [5.74, 6) is -0.0486. The number of amidine groups is 1. The first-order valence-corrected chi connectivity index (χ1v) is 10.4. The summed E-state index contributed by atoms with van der Waals surface area (Å²) in [6.45, 7) is 6.27. The molecule has 0 fully saturated rings. The van der Waals surface area contributed by atoms with Crippen molar-refractivity contribution in [3.05, 3.63) is 70.9 Å². The van der Waals surface area contributed by atoms with Gasteiger partial charge in [-0.2, -0.15) is 0 Å². The first-order chi connectivity index (χ1) is 13.9. The van der Waals surface area contributed by atoms with E-state index in [1.807, 2.05) is 43.3 Å². The van der Waals surface area contributed by atoms with Gasteiger partial charge in [-0.1, -0.05) is 67.6 Å². The molecule has 0 aromatic heterocycles. The number of carbonyl (C=O) groups excluding carboxylic acids is 2. The second-order valence-corrected chi connectivity index (χ2v) is 8.03. The largest absolute Gasteiger partial charge is 0.468 e. The zero-order valence-electron chi connectivity index (χ0n) is 17.0. The minimum Gasteiger partial charge on any atom is -0.468 e. The molecule has 1 aliphatic rings. The van der Waals surface area contributed by atoms with Gasteiger partial charge in [0.25, 0.3) is 5.91 Å².